The molecule has 3 aromatic rings. The molecule has 254 valence electrons. The van der Waals surface area contributed by atoms with Crippen LogP contribution in [-0.4, -0.2) is 98.7 Å². The molecule has 47 heavy (non-hydrogen) atoms. The number of piperidine rings is 1. The van der Waals surface area contributed by atoms with E-state index in [0.29, 0.717) is 22.9 Å². The van der Waals surface area contributed by atoms with Crippen molar-refractivity contribution in [3.8, 4) is 11.1 Å². The third-order valence-corrected chi connectivity index (χ3v) is 9.91. The van der Waals surface area contributed by atoms with Gasteiger partial charge in [-0.2, -0.15) is 0 Å². The highest BCUT2D eigenvalue weighted by Crippen LogP contribution is 2.38. The van der Waals surface area contributed by atoms with Crippen LogP contribution in [0, 0.1) is 5.82 Å². The van der Waals surface area contributed by atoms with Crippen LogP contribution in [0.25, 0.3) is 11.1 Å². The van der Waals surface area contributed by atoms with Gasteiger partial charge in [0.05, 0.1) is 17.6 Å². The molecule has 0 bridgehead atoms. The molecule has 2 aromatic carbocycles. The van der Waals surface area contributed by atoms with E-state index in [-0.39, 0.29) is 34.2 Å². The molecule has 1 aromatic heterocycles. The lowest BCUT2D eigenvalue weighted by molar-refractivity contribution is 0.0916. The average molecular weight is 687 g/mol. The minimum atomic E-state index is -3.70. The highest BCUT2D eigenvalue weighted by molar-refractivity contribution is 7.92. The van der Waals surface area contributed by atoms with E-state index in [1.165, 1.54) is 12.4 Å². The van der Waals surface area contributed by atoms with E-state index in [1.54, 1.807) is 18.2 Å². The molecule has 0 saturated carbocycles. The summed E-state index contributed by atoms with van der Waals surface area (Å²) in [5.41, 5.74) is 2.62. The number of anilines is 4. The largest absolute Gasteiger partial charge is 0.367 e. The topological polar surface area (TPSA) is 123 Å². The van der Waals surface area contributed by atoms with Crippen LogP contribution < -0.4 is 20.3 Å². The summed E-state index contributed by atoms with van der Waals surface area (Å²) >= 11 is 6.30. The molecular weight excluding hydrogens is 643 g/mol. The maximum absolute atomic E-state index is 15.7. The minimum Gasteiger partial charge on any atom is -0.367 e. The number of benzene rings is 2. The summed E-state index contributed by atoms with van der Waals surface area (Å²) in [5.74, 6) is -0.657. The summed E-state index contributed by atoms with van der Waals surface area (Å²) in [6.07, 6.45) is 6.16. The lowest BCUT2D eigenvalue weighted by atomic mass is 10.00. The van der Waals surface area contributed by atoms with Crippen molar-refractivity contribution in [1.82, 2.24) is 25.1 Å². The Hall–Kier alpha value is -3.52. The number of hydrogen-bond acceptors (Lipinski definition) is 9. The molecule has 0 unspecified atom stereocenters. The SMILES string of the molecule is CCC(CC)N1CCN(c2ccc(-c3ccc(C(=O)NC4CCN(C)CC4)cc3F)cc2Nc2ncnc(Cl)c2NS(C)(=O)=O)CC1. The summed E-state index contributed by atoms with van der Waals surface area (Å²) in [7, 11) is -1.64. The summed E-state index contributed by atoms with van der Waals surface area (Å²) in [6, 6.07) is 10.7. The van der Waals surface area contributed by atoms with Gasteiger partial charge in [0, 0.05) is 49.4 Å². The normalized spacial score (nSPS) is 16.8. The summed E-state index contributed by atoms with van der Waals surface area (Å²) in [6.45, 7) is 9.58. The standard InChI is InChI=1S/C33H44ClFN8O3S/c1-5-25(6-2)42-15-17-43(18-16-42)29-10-8-22(20-28(29)39-32-30(40-47(4,45)46)31(34)36-21-37-32)26-9-7-23(19-27(26)35)33(44)38-24-11-13-41(3)14-12-24/h7-10,19-21,24-25,40H,5-6,11-18H2,1-4H3,(H,38,44)(H,36,37,39). The van der Waals surface area contributed by atoms with Gasteiger partial charge in [0.25, 0.3) is 5.91 Å². The van der Waals surface area contributed by atoms with Crippen LogP contribution in [0.2, 0.25) is 5.15 Å². The molecule has 2 saturated heterocycles. The lowest BCUT2D eigenvalue weighted by Gasteiger charge is -2.40. The van der Waals surface area contributed by atoms with Crippen molar-refractivity contribution in [1.29, 1.82) is 0 Å². The molecular formula is C33H44ClFN8O3S. The van der Waals surface area contributed by atoms with Gasteiger partial charge in [-0.3, -0.25) is 14.4 Å². The summed E-state index contributed by atoms with van der Waals surface area (Å²) < 4.78 is 42.4. The van der Waals surface area contributed by atoms with Gasteiger partial charge >= 0.3 is 0 Å². The van der Waals surface area contributed by atoms with Crippen molar-refractivity contribution in [3.05, 3.63) is 59.3 Å². The van der Waals surface area contributed by atoms with Crippen LogP contribution in [0.5, 0.6) is 0 Å². The van der Waals surface area contributed by atoms with E-state index in [9.17, 15) is 13.2 Å². The van der Waals surface area contributed by atoms with Crippen LogP contribution in [-0.2, 0) is 10.0 Å². The van der Waals surface area contributed by atoms with Crippen LogP contribution in [0.3, 0.4) is 0 Å². The lowest BCUT2D eigenvalue weighted by Crippen LogP contribution is -2.50. The van der Waals surface area contributed by atoms with Crippen molar-refractivity contribution in [2.45, 2.75) is 51.6 Å². The maximum Gasteiger partial charge on any atom is 0.251 e. The van der Waals surface area contributed by atoms with Gasteiger partial charge in [-0.25, -0.2) is 22.8 Å². The molecule has 2 aliphatic rings. The second-order valence-electron chi connectivity index (χ2n) is 12.4. The molecule has 3 N–H and O–H groups in total. The van der Waals surface area contributed by atoms with Gasteiger partial charge in [-0.15, -0.1) is 0 Å². The predicted molar refractivity (Wildman–Crippen MR) is 187 cm³/mol. The molecule has 0 atom stereocenters. The number of carbonyl (C=O) groups is 1. The van der Waals surface area contributed by atoms with E-state index in [0.717, 1.165) is 76.9 Å². The minimum absolute atomic E-state index is 0.0118. The third kappa shape index (κ3) is 8.69. The first-order valence-electron chi connectivity index (χ1n) is 16.1. The van der Waals surface area contributed by atoms with Gasteiger partial charge in [-0.05, 0) is 75.6 Å². The van der Waals surface area contributed by atoms with E-state index in [1.807, 2.05) is 12.1 Å². The number of hydrogen-bond donors (Lipinski definition) is 3. The van der Waals surface area contributed by atoms with Gasteiger partial charge in [0.15, 0.2) is 11.0 Å². The highest BCUT2D eigenvalue weighted by Gasteiger charge is 2.25. The number of nitrogens with one attached hydrogen (secondary N) is 3. The predicted octanol–water partition coefficient (Wildman–Crippen LogP) is 5.19. The zero-order valence-corrected chi connectivity index (χ0v) is 29.0. The van der Waals surface area contributed by atoms with Crippen molar-refractivity contribution in [2.75, 3.05) is 67.5 Å². The monoisotopic (exact) mass is 686 g/mol. The van der Waals surface area contributed by atoms with E-state index in [4.69, 9.17) is 11.6 Å². The van der Waals surface area contributed by atoms with Crippen molar-refractivity contribution < 1.29 is 17.6 Å². The summed E-state index contributed by atoms with van der Waals surface area (Å²) in [4.78, 5) is 28.2. The molecule has 3 heterocycles. The Bertz CT molecular complexity index is 1670. The molecule has 2 aliphatic heterocycles. The maximum atomic E-state index is 15.7. The first-order chi connectivity index (χ1) is 22.5. The highest BCUT2D eigenvalue weighted by atomic mass is 35.5. The molecule has 0 radical (unpaired) electrons. The number of nitrogens with zero attached hydrogens (tertiary/aromatic N) is 5. The Balaban J connectivity index is 1.45. The van der Waals surface area contributed by atoms with Gasteiger partial charge in [-0.1, -0.05) is 37.6 Å². The molecule has 14 heteroatoms. The number of piperazine rings is 1. The van der Waals surface area contributed by atoms with Crippen LogP contribution in [0.1, 0.15) is 49.9 Å². The number of aromatic nitrogens is 2. The number of likely N-dealkylation sites (tertiary alicyclic amines) is 1. The fraction of sp³-hybridized carbons (Fsp3) is 0.485. The zero-order valence-electron chi connectivity index (χ0n) is 27.4. The molecule has 0 spiro atoms. The molecule has 2 fully saturated rings. The second-order valence-corrected chi connectivity index (χ2v) is 14.5. The number of sulfonamides is 1. The molecule has 1 amide bonds. The van der Waals surface area contributed by atoms with Crippen LogP contribution in [0.4, 0.5) is 27.3 Å². The second kappa shape index (κ2) is 15.1. The first-order valence-corrected chi connectivity index (χ1v) is 18.4. The smallest absolute Gasteiger partial charge is 0.251 e. The van der Waals surface area contributed by atoms with Crippen molar-refractivity contribution in [3.63, 3.8) is 0 Å². The fourth-order valence-corrected chi connectivity index (χ4v) is 7.19. The van der Waals surface area contributed by atoms with E-state index < -0.39 is 15.8 Å². The van der Waals surface area contributed by atoms with Crippen LogP contribution >= 0.6 is 11.6 Å². The fourth-order valence-electron chi connectivity index (χ4n) is 6.39. The Morgan fingerprint density at radius 1 is 1.02 bits per heavy atom. The average Bonchev–Trinajstić information content (AvgIpc) is 3.04. The zero-order chi connectivity index (χ0) is 33.7. The number of rotatable bonds is 11. The van der Waals surface area contributed by atoms with E-state index >= 15 is 4.39 Å². The Labute approximate surface area is 281 Å². The Morgan fingerprint density at radius 2 is 1.72 bits per heavy atom. The summed E-state index contributed by atoms with van der Waals surface area (Å²) in [5, 5.41) is 6.24. The van der Waals surface area contributed by atoms with Crippen LogP contribution in [0.15, 0.2) is 42.7 Å². The number of halogens is 2. The Morgan fingerprint density at radius 3 is 2.36 bits per heavy atom. The van der Waals surface area contributed by atoms with Gasteiger partial charge < -0.3 is 20.4 Å². The van der Waals surface area contributed by atoms with Crippen molar-refractivity contribution in [2.24, 2.45) is 0 Å². The quantitative estimate of drug-likeness (QED) is 0.234. The number of carbonyl (C=O) groups excluding carboxylic acids is 1. The Kier molecular flexibility index (Phi) is 11.2. The first kappa shape index (κ1) is 34.8. The van der Waals surface area contributed by atoms with Gasteiger partial charge in [0.2, 0.25) is 10.0 Å². The van der Waals surface area contributed by atoms with Crippen molar-refractivity contribution >= 4 is 50.4 Å². The molecule has 11 nitrogen and oxygen atoms in total. The molecule has 0 aliphatic carbocycles. The van der Waals surface area contributed by atoms with E-state index in [2.05, 4.69) is 60.9 Å². The van der Waals surface area contributed by atoms with Gasteiger partial charge in [0.1, 0.15) is 17.8 Å². The third-order valence-electron chi connectivity index (χ3n) is 9.05. The molecule has 5 rings (SSSR count). The number of amides is 1.